The van der Waals surface area contributed by atoms with Crippen LogP contribution in [0.25, 0.3) is 16.9 Å². The van der Waals surface area contributed by atoms with Crippen molar-refractivity contribution in [2.24, 2.45) is 0 Å². The summed E-state index contributed by atoms with van der Waals surface area (Å²) in [5.41, 5.74) is 3.20. The summed E-state index contributed by atoms with van der Waals surface area (Å²) in [5.74, 6) is -0.268. The monoisotopic (exact) mass is 281 g/mol. The molecule has 0 aliphatic carbocycles. The Morgan fingerprint density at radius 2 is 2.05 bits per heavy atom. The van der Waals surface area contributed by atoms with Crippen LogP contribution in [0, 0.1) is 0 Å². The van der Waals surface area contributed by atoms with E-state index < -0.39 is 0 Å². The predicted octanol–water partition coefficient (Wildman–Crippen LogP) is 2.50. The largest absolute Gasteiger partial charge is 0.466 e. The van der Waals surface area contributed by atoms with Crippen molar-refractivity contribution in [3.8, 4) is 11.3 Å². The lowest BCUT2D eigenvalue weighted by molar-refractivity contribution is -0.142. The number of nitrogens with zero attached hydrogens (tertiary/aromatic N) is 3. The van der Waals surface area contributed by atoms with Crippen LogP contribution in [0.15, 0.2) is 48.8 Å². The summed E-state index contributed by atoms with van der Waals surface area (Å²) in [6.07, 6.45) is 3.68. The zero-order valence-corrected chi connectivity index (χ0v) is 11.7. The van der Waals surface area contributed by atoms with E-state index in [1.807, 2.05) is 42.6 Å². The van der Waals surface area contributed by atoms with E-state index in [-0.39, 0.29) is 12.4 Å². The lowest BCUT2D eigenvalue weighted by atomic mass is 10.1. The number of carbonyl (C=O) groups is 1. The first-order valence-electron chi connectivity index (χ1n) is 6.83. The van der Waals surface area contributed by atoms with Crippen LogP contribution < -0.4 is 0 Å². The molecule has 0 atom stereocenters. The molecule has 0 aliphatic heterocycles. The molecule has 5 nitrogen and oxygen atoms in total. The van der Waals surface area contributed by atoms with Crippen LogP contribution in [0.5, 0.6) is 0 Å². The third-order valence-corrected chi connectivity index (χ3v) is 3.16. The molecule has 0 saturated carbocycles. The van der Waals surface area contributed by atoms with E-state index in [2.05, 4.69) is 10.1 Å². The number of aromatic nitrogens is 3. The molecular formula is C16H15N3O2. The van der Waals surface area contributed by atoms with Gasteiger partial charge in [0, 0.05) is 23.5 Å². The van der Waals surface area contributed by atoms with Gasteiger partial charge in [-0.15, -0.1) is 0 Å². The van der Waals surface area contributed by atoms with Crippen molar-refractivity contribution in [2.45, 2.75) is 13.3 Å². The summed E-state index contributed by atoms with van der Waals surface area (Å²) in [5, 5.41) is 4.54. The first-order valence-corrected chi connectivity index (χ1v) is 6.83. The van der Waals surface area contributed by atoms with Gasteiger partial charge < -0.3 is 4.74 Å². The van der Waals surface area contributed by atoms with Crippen molar-refractivity contribution in [3.05, 3.63) is 54.4 Å². The minimum Gasteiger partial charge on any atom is -0.466 e. The van der Waals surface area contributed by atoms with Gasteiger partial charge in [0.1, 0.15) is 0 Å². The molecule has 0 unspecified atom stereocenters. The predicted molar refractivity (Wildman–Crippen MR) is 78.8 cm³/mol. The number of esters is 1. The van der Waals surface area contributed by atoms with E-state index in [0.29, 0.717) is 12.3 Å². The maximum atomic E-state index is 11.9. The summed E-state index contributed by atoms with van der Waals surface area (Å²) >= 11 is 0. The van der Waals surface area contributed by atoms with Crippen molar-refractivity contribution >= 4 is 11.6 Å². The van der Waals surface area contributed by atoms with Crippen LogP contribution in [0.4, 0.5) is 0 Å². The Bertz CT molecular complexity index is 766. The molecule has 0 fully saturated rings. The van der Waals surface area contributed by atoms with Crippen molar-refractivity contribution in [2.75, 3.05) is 6.61 Å². The number of benzene rings is 1. The summed E-state index contributed by atoms with van der Waals surface area (Å²) < 4.78 is 6.74. The van der Waals surface area contributed by atoms with E-state index in [1.54, 1.807) is 17.6 Å². The number of fused-ring (bicyclic) bond motifs is 1. The maximum absolute atomic E-state index is 11.9. The second kappa shape index (κ2) is 5.75. The Balaban J connectivity index is 2.12. The molecule has 2 heterocycles. The van der Waals surface area contributed by atoms with E-state index in [1.165, 1.54) is 0 Å². The Hall–Kier alpha value is -2.69. The van der Waals surface area contributed by atoms with Crippen LogP contribution in [-0.2, 0) is 16.0 Å². The molecule has 3 rings (SSSR count). The van der Waals surface area contributed by atoms with Crippen molar-refractivity contribution in [3.63, 3.8) is 0 Å². The molecule has 1 aromatic carbocycles. The molecule has 5 heteroatoms. The van der Waals surface area contributed by atoms with Gasteiger partial charge in [0.25, 0.3) is 0 Å². The van der Waals surface area contributed by atoms with Crippen molar-refractivity contribution < 1.29 is 9.53 Å². The van der Waals surface area contributed by atoms with E-state index in [0.717, 1.165) is 16.8 Å². The van der Waals surface area contributed by atoms with Crippen LogP contribution >= 0.6 is 0 Å². The first-order chi connectivity index (χ1) is 10.3. The standard InChI is InChI=1S/C16H15N3O2/c1-2-21-14(20)11-13-15(12-7-4-3-5-8-12)18-19-10-6-9-17-16(13)19/h3-10H,2,11H2,1H3. The molecular weight excluding hydrogens is 266 g/mol. The summed E-state index contributed by atoms with van der Waals surface area (Å²) in [6.45, 7) is 2.16. The zero-order chi connectivity index (χ0) is 14.7. The van der Waals surface area contributed by atoms with Gasteiger partial charge in [-0.1, -0.05) is 30.3 Å². The first kappa shape index (κ1) is 13.3. The fraction of sp³-hybridized carbons (Fsp3) is 0.188. The average molecular weight is 281 g/mol. The minimum absolute atomic E-state index is 0.165. The van der Waals surface area contributed by atoms with Gasteiger partial charge in [-0.3, -0.25) is 4.79 Å². The molecule has 3 aromatic rings. The second-order valence-corrected chi connectivity index (χ2v) is 4.56. The third kappa shape index (κ3) is 2.63. The van der Waals surface area contributed by atoms with E-state index >= 15 is 0 Å². The van der Waals surface area contributed by atoms with Gasteiger partial charge >= 0.3 is 5.97 Å². The topological polar surface area (TPSA) is 56.5 Å². The highest BCUT2D eigenvalue weighted by molar-refractivity contribution is 5.81. The number of carbonyl (C=O) groups excluding carboxylic acids is 1. The van der Waals surface area contributed by atoms with Crippen LogP contribution in [-0.4, -0.2) is 27.2 Å². The fourth-order valence-corrected chi connectivity index (χ4v) is 2.28. The second-order valence-electron chi connectivity index (χ2n) is 4.56. The summed E-state index contributed by atoms with van der Waals surface area (Å²) in [4.78, 5) is 16.2. The quantitative estimate of drug-likeness (QED) is 0.689. The summed E-state index contributed by atoms with van der Waals surface area (Å²) in [7, 11) is 0. The molecule has 0 N–H and O–H groups in total. The van der Waals surface area contributed by atoms with Gasteiger partial charge in [-0.25, -0.2) is 9.50 Å². The Labute approximate surface area is 122 Å². The molecule has 0 spiro atoms. The third-order valence-electron chi connectivity index (χ3n) is 3.16. The Morgan fingerprint density at radius 1 is 1.24 bits per heavy atom. The normalized spacial score (nSPS) is 10.7. The molecule has 0 amide bonds. The minimum atomic E-state index is -0.268. The fourth-order valence-electron chi connectivity index (χ4n) is 2.28. The van der Waals surface area contributed by atoms with Gasteiger partial charge in [-0.05, 0) is 13.0 Å². The average Bonchev–Trinajstić information content (AvgIpc) is 2.87. The number of hydrogen-bond acceptors (Lipinski definition) is 4. The maximum Gasteiger partial charge on any atom is 0.310 e. The zero-order valence-electron chi connectivity index (χ0n) is 11.7. The molecule has 0 radical (unpaired) electrons. The number of rotatable bonds is 4. The SMILES string of the molecule is CCOC(=O)Cc1c(-c2ccccc2)nn2cccnc12. The lowest BCUT2D eigenvalue weighted by Gasteiger charge is -2.03. The molecule has 2 aromatic heterocycles. The van der Waals surface area contributed by atoms with Crippen LogP contribution in [0.2, 0.25) is 0 Å². The van der Waals surface area contributed by atoms with Crippen LogP contribution in [0.1, 0.15) is 12.5 Å². The summed E-state index contributed by atoms with van der Waals surface area (Å²) in [6, 6.07) is 11.6. The molecule has 0 aliphatic rings. The smallest absolute Gasteiger partial charge is 0.310 e. The van der Waals surface area contributed by atoms with Gasteiger partial charge in [0.2, 0.25) is 0 Å². The molecule has 21 heavy (non-hydrogen) atoms. The van der Waals surface area contributed by atoms with Gasteiger partial charge in [0.15, 0.2) is 5.65 Å². The highest BCUT2D eigenvalue weighted by atomic mass is 16.5. The van der Waals surface area contributed by atoms with E-state index in [9.17, 15) is 4.79 Å². The van der Waals surface area contributed by atoms with Crippen molar-refractivity contribution in [1.29, 1.82) is 0 Å². The van der Waals surface area contributed by atoms with Gasteiger partial charge in [0.05, 0.1) is 18.7 Å². The molecule has 0 bridgehead atoms. The highest BCUT2D eigenvalue weighted by Crippen LogP contribution is 2.25. The van der Waals surface area contributed by atoms with Gasteiger partial charge in [-0.2, -0.15) is 5.10 Å². The Morgan fingerprint density at radius 3 is 2.81 bits per heavy atom. The van der Waals surface area contributed by atoms with Crippen LogP contribution in [0.3, 0.4) is 0 Å². The van der Waals surface area contributed by atoms with E-state index in [4.69, 9.17) is 4.74 Å². The van der Waals surface area contributed by atoms with Crippen molar-refractivity contribution in [1.82, 2.24) is 14.6 Å². The number of ether oxygens (including phenoxy) is 1. The molecule has 106 valence electrons. The molecule has 0 saturated heterocycles. The lowest BCUT2D eigenvalue weighted by Crippen LogP contribution is -2.08. The Kier molecular flexibility index (Phi) is 3.64. The highest BCUT2D eigenvalue weighted by Gasteiger charge is 2.18. The number of hydrogen-bond donors (Lipinski definition) is 0.